The van der Waals surface area contributed by atoms with Crippen LogP contribution in [0.2, 0.25) is 10.2 Å². The van der Waals surface area contributed by atoms with Crippen molar-refractivity contribution in [3.63, 3.8) is 0 Å². The Hall–Kier alpha value is -1.33. The number of aromatic amines is 1. The predicted molar refractivity (Wildman–Crippen MR) is 52.8 cm³/mol. The molecule has 0 aliphatic heterocycles. The molecule has 5 nitrogen and oxygen atoms in total. The van der Waals surface area contributed by atoms with Crippen LogP contribution < -0.4 is 0 Å². The minimum Gasteiger partial charge on any atom is -0.266 e. The second-order valence-electron chi connectivity index (χ2n) is 2.62. The van der Waals surface area contributed by atoms with Crippen LogP contribution in [0.25, 0.3) is 10.9 Å². The topological polar surface area (TPSA) is 71.8 Å². The fourth-order valence-corrected chi connectivity index (χ4v) is 1.57. The van der Waals surface area contributed by atoms with Crippen LogP contribution in [0.1, 0.15) is 0 Å². The zero-order valence-electron chi connectivity index (χ0n) is 6.62. The van der Waals surface area contributed by atoms with E-state index in [4.69, 9.17) is 23.2 Å². The van der Waals surface area contributed by atoms with Gasteiger partial charge in [0.15, 0.2) is 5.52 Å². The standard InChI is InChI=1S/C7H3Cl2N3O2/c8-3-1-4-6(10-11-7(4)9)5(2-3)12(13)14/h1-2H,(H,10,11). The first kappa shape index (κ1) is 9.23. The quantitative estimate of drug-likeness (QED) is 0.606. The fraction of sp³-hybridized carbons (Fsp3) is 0. The third-order valence-electron chi connectivity index (χ3n) is 1.75. The van der Waals surface area contributed by atoms with Crippen LogP contribution in [0.4, 0.5) is 5.69 Å². The molecule has 0 saturated heterocycles. The van der Waals surface area contributed by atoms with Crippen LogP contribution in [0.5, 0.6) is 0 Å². The number of nitrogens with zero attached hydrogens (tertiary/aromatic N) is 2. The summed E-state index contributed by atoms with van der Waals surface area (Å²) in [5.41, 5.74) is 0.0556. The number of hydrogen-bond donors (Lipinski definition) is 1. The maximum Gasteiger partial charge on any atom is 0.298 e. The van der Waals surface area contributed by atoms with E-state index in [1.54, 1.807) is 0 Å². The third kappa shape index (κ3) is 1.30. The van der Waals surface area contributed by atoms with Crippen molar-refractivity contribution in [2.24, 2.45) is 0 Å². The van der Waals surface area contributed by atoms with Crippen molar-refractivity contribution in [3.8, 4) is 0 Å². The van der Waals surface area contributed by atoms with Gasteiger partial charge in [0.1, 0.15) is 5.15 Å². The van der Waals surface area contributed by atoms with E-state index in [9.17, 15) is 10.1 Å². The molecule has 0 saturated carbocycles. The first-order valence-corrected chi connectivity index (χ1v) is 4.32. The van der Waals surface area contributed by atoms with Crippen LogP contribution in [-0.2, 0) is 0 Å². The number of nitrogens with one attached hydrogen (secondary N) is 1. The molecule has 0 fully saturated rings. The zero-order valence-corrected chi connectivity index (χ0v) is 8.13. The molecule has 0 unspecified atom stereocenters. The lowest BCUT2D eigenvalue weighted by Gasteiger charge is -1.93. The molecule has 1 aromatic heterocycles. The summed E-state index contributed by atoms with van der Waals surface area (Å²) in [6.45, 7) is 0. The van der Waals surface area contributed by atoms with Crippen LogP contribution >= 0.6 is 23.2 Å². The highest BCUT2D eigenvalue weighted by atomic mass is 35.5. The SMILES string of the molecule is O=[N+]([O-])c1cc(Cl)cc2c(Cl)[nH]nc12. The first-order valence-electron chi connectivity index (χ1n) is 3.57. The lowest BCUT2D eigenvalue weighted by Crippen LogP contribution is -1.89. The molecule has 1 heterocycles. The lowest BCUT2D eigenvalue weighted by molar-refractivity contribution is -0.383. The van der Waals surface area contributed by atoms with Gasteiger partial charge in [0.05, 0.1) is 4.92 Å². The Labute approximate surface area is 87.8 Å². The number of hydrogen-bond acceptors (Lipinski definition) is 3. The molecule has 0 spiro atoms. The van der Waals surface area contributed by atoms with Gasteiger partial charge >= 0.3 is 0 Å². The Bertz CT molecular complexity index is 523. The molecule has 2 aromatic rings. The highest BCUT2D eigenvalue weighted by Gasteiger charge is 2.17. The Balaban J connectivity index is 2.88. The summed E-state index contributed by atoms with van der Waals surface area (Å²) in [5, 5.41) is 17.7. The second-order valence-corrected chi connectivity index (χ2v) is 3.43. The molecule has 1 N–H and O–H groups in total. The molecule has 0 radical (unpaired) electrons. The lowest BCUT2D eigenvalue weighted by atomic mass is 10.2. The molecular formula is C7H3Cl2N3O2. The van der Waals surface area contributed by atoms with E-state index in [0.717, 1.165) is 0 Å². The molecule has 2 rings (SSSR count). The Morgan fingerprint density at radius 2 is 2.14 bits per heavy atom. The van der Waals surface area contributed by atoms with E-state index in [2.05, 4.69) is 10.2 Å². The van der Waals surface area contributed by atoms with Crippen molar-refractivity contribution < 1.29 is 4.92 Å². The highest BCUT2D eigenvalue weighted by Crippen LogP contribution is 2.31. The van der Waals surface area contributed by atoms with Crippen LogP contribution in [0.3, 0.4) is 0 Å². The van der Waals surface area contributed by atoms with E-state index in [1.165, 1.54) is 12.1 Å². The van der Waals surface area contributed by atoms with Gasteiger partial charge in [0.2, 0.25) is 0 Å². The van der Waals surface area contributed by atoms with Crippen molar-refractivity contribution in [1.29, 1.82) is 0 Å². The van der Waals surface area contributed by atoms with E-state index >= 15 is 0 Å². The second kappa shape index (κ2) is 3.11. The minimum atomic E-state index is -0.550. The van der Waals surface area contributed by atoms with Crippen molar-refractivity contribution in [2.45, 2.75) is 0 Å². The number of rotatable bonds is 1. The number of aromatic nitrogens is 2. The summed E-state index contributed by atoms with van der Waals surface area (Å²) in [6, 6.07) is 2.76. The van der Waals surface area contributed by atoms with Gasteiger partial charge in [-0.3, -0.25) is 15.2 Å². The monoisotopic (exact) mass is 231 g/mol. The zero-order chi connectivity index (χ0) is 10.3. The van der Waals surface area contributed by atoms with E-state index in [0.29, 0.717) is 5.39 Å². The first-order chi connectivity index (χ1) is 6.59. The smallest absolute Gasteiger partial charge is 0.266 e. The minimum absolute atomic E-state index is 0.157. The van der Waals surface area contributed by atoms with E-state index in [1.807, 2.05) is 0 Å². The van der Waals surface area contributed by atoms with Gasteiger partial charge in [-0.15, -0.1) is 0 Å². The van der Waals surface area contributed by atoms with Gasteiger partial charge in [0, 0.05) is 16.5 Å². The average molecular weight is 232 g/mol. The average Bonchev–Trinajstić information content (AvgIpc) is 2.47. The van der Waals surface area contributed by atoms with Crippen molar-refractivity contribution in [2.75, 3.05) is 0 Å². The number of non-ortho nitro benzene ring substituents is 1. The molecule has 1 aromatic carbocycles. The molecule has 0 amide bonds. The molecule has 72 valence electrons. The van der Waals surface area contributed by atoms with Gasteiger partial charge in [-0.05, 0) is 6.07 Å². The molecule has 7 heteroatoms. The molecule has 14 heavy (non-hydrogen) atoms. The van der Waals surface area contributed by atoms with Gasteiger partial charge in [0.25, 0.3) is 5.69 Å². The fourth-order valence-electron chi connectivity index (χ4n) is 1.17. The summed E-state index contributed by atoms with van der Waals surface area (Å²) >= 11 is 11.4. The predicted octanol–water partition coefficient (Wildman–Crippen LogP) is 2.78. The Morgan fingerprint density at radius 1 is 1.43 bits per heavy atom. The van der Waals surface area contributed by atoms with Crippen molar-refractivity contribution in [3.05, 3.63) is 32.4 Å². The van der Waals surface area contributed by atoms with E-state index in [-0.39, 0.29) is 21.4 Å². The van der Waals surface area contributed by atoms with E-state index < -0.39 is 4.92 Å². The third-order valence-corrected chi connectivity index (χ3v) is 2.26. The molecule has 0 aliphatic rings. The maximum atomic E-state index is 10.6. The van der Waals surface area contributed by atoms with Crippen LogP contribution in [0, 0.1) is 10.1 Å². The number of nitro benzene ring substituents is 1. The largest absolute Gasteiger partial charge is 0.298 e. The molecular weight excluding hydrogens is 229 g/mol. The molecule has 0 atom stereocenters. The Morgan fingerprint density at radius 3 is 2.79 bits per heavy atom. The number of fused-ring (bicyclic) bond motifs is 1. The van der Waals surface area contributed by atoms with Gasteiger partial charge < -0.3 is 0 Å². The van der Waals surface area contributed by atoms with Crippen LogP contribution in [-0.4, -0.2) is 15.1 Å². The summed E-state index contributed by atoms with van der Waals surface area (Å²) in [6.07, 6.45) is 0. The number of benzene rings is 1. The van der Waals surface area contributed by atoms with Crippen molar-refractivity contribution in [1.82, 2.24) is 10.2 Å². The normalized spacial score (nSPS) is 10.7. The van der Waals surface area contributed by atoms with Gasteiger partial charge in [-0.25, -0.2) is 0 Å². The maximum absolute atomic E-state index is 10.6. The summed E-state index contributed by atoms with van der Waals surface area (Å²) in [4.78, 5) is 10.1. The van der Waals surface area contributed by atoms with Crippen molar-refractivity contribution >= 4 is 39.8 Å². The van der Waals surface area contributed by atoms with Gasteiger partial charge in [-0.1, -0.05) is 23.2 Å². The summed E-state index contributed by atoms with van der Waals surface area (Å²) in [7, 11) is 0. The summed E-state index contributed by atoms with van der Waals surface area (Å²) in [5.74, 6) is 0. The number of halogens is 2. The van der Waals surface area contributed by atoms with Gasteiger partial charge in [-0.2, -0.15) is 5.10 Å². The number of nitro groups is 1. The molecule has 0 bridgehead atoms. The van der Waals surface area contributed by atoms with Crippen LogP contribution in [0.15, 0.2) is 12.1 Å². The molecule has 0 aliphatic carbocycles. The highest BCUT2D eigenvalue weighted by molar-refractivity contribution is 6.36. The Kier molecular flexibility index (Phi) is 2.05. The number of H-pyrrole nitrogens is 1. The summed E-state index contributed by atoms with van der Waals surface area (Å²) < 4.78 is 0.